The third-order valence-electron chi connectivity index (χ3n) is 3.35. The van der Waals surface area contributed by atoms with Gasteiger partial charge in [0.05, 0.1) is 0 Å². The Morgan fingerprint density at radius 3 is 2.65 bits per heavy atom. The van der Waals surface area contributed by atoms with E-state index in [0.29, 0.717) is 11.8 Å². The summed E-state index contributed by atoms with van der Waals surface area (Å²) in [6.45, 7) is 4.96. The normalized spacial score (nSPS) is 19.9. The average Bonchev–Trinajstić information content (AvgIpc) is 2.28. The van der Waals surface area contributed by atoms with Gasteiger partial charge in [0, 0.05) is 19.5 Å². The molecule has 4 heteroatoms. The second-order valence-electron chi connectivity index (χ2n) is 5.04. The topological polar surface area (TPSA) is 46.3 Å². The second-order valence-corrected chi connectivity index (χ2v) is 5.04. The monoisotopic (exact) mass is 262 g/mol. The van der Waals surface area contributed by atoms with Crippen molar-refractivity contribution in [2.24, 2.45) is 11.7 Å². The molecule has 1 aliphatic heterocycles. The highest BCUT2D eigenvalue weighted by Gasteiger charge is 2.19. The summed E-state index contributed by atoms with van der Waals surface area (Å²) in [7, 11) is 0. The first kappa shape index (κ1) is 16.7. The molecule has 1 aliphatic rings. The number of hydrogen-bond acceptors (Lipinski definition) is 2. The number of amides is 1. The van der Waals surface area contributed by atoms with Gasteiger partial charge in [-0.05, 0) is 38.1 Å². The van der Waals surface area contributed by atoms with E-state index in [9.17, 15) is 4.79 Å². The van der Waals surface area contributed by atoms with Crippen molar-refractivity contribution in [3.05, 3.63) is 0 Å². The van der Waals surface area contributed by atoms with Gasteiger partial charge >= 0.3 is 0 Å². The first-order valence-electron chi connectivity index (χ1n) is 6.72. The Morgan fingerprint density at radius 2 is 2.00 bits per heavy atom. The summed E-state index contributed by atoms with van der Waals surface area (Å²) in [5, 5.41) is 0. The molecule has 0 aromatic carbocycles. The quantitative estimate of drug-likeness (QED) is 0.748. The van der Waals surface area contributed by atoms with Crippen LogP contribution in [-0.4, -0.2) is 30.4 Å². The fourth-order valence-electron chi connectivity index (χ4n) is 2.35. The third-order valence-corrected chi connectivity index (χ3v) is 3.35. The lowest BCUT2D eigenvalue weighted by molar-refractivity contribution is -0.133. The largest absolute Gasteiger partial charge is 0.342 e. The molecule has 3 nitrogen and oxygen atoms in total. The van der Waals surface area contributed by atoms with Gasteiger partial charge in [-0.3, -0.25) is 4.79 Å². The number of carbonyl (C=O) groups excluding carboxylic acids is 1. The minimum absolute atomic E-state index is 0. The molecule has 0 spiro atoms. The van der Waals surface area contributed by atoms with Crippen molar-refractivity contribution in [2.45, 2.75) is 51.9 Å². The van der Waals surface area contributed by atoms with Gasteiger partial charge in [0.2, 0.25) is 5.91 Å². The van der Waals surface area contributed by atoms with Gasteiger partial charge in [0.25, 0.3) is 0 Å². The summed E-state index contributed by atoms with van der Waals surface area (Å²) in [6.07, 6.45) is 7.63. The van der Waals surface area contributed by atoms with E-state index in [4.69, 9.17) is 5.73 Å². The first-order chi connectivity index (χ1) is 7.74. The van der Waals surface area contributed by atoms with Crippen molar-refractivity contribution >= 4 is 18.3 Å². The minimum atomic E-state index is 0. The Kier molecular flexibility index (Phi) is 9.56. The van der Waals surface area contributed by atoms with Crippen LogP contribution in [0.5, 0.6) is 0 Å². The maximum atomic E-state index is 11.9. The molecule has 0 saturated carbocycles. The van der Waals surface area contributed by atoms with Crippen LogP contribution in [0.4, 0.5) is 0 Å². The lowest BCUT2D eigenvalue weighted by Gasteiger charge is -2.31. The van der Waals surface area contributed by atoms with Gasteiger partial charge in [-0.1, -0.05) is 19.8 Å². The molecular weight excluding hydrogens is 236 g/mol. The molecule has 1 rings (SSSR count). The van der Waals surface area contributed by atoms with Gasteiger partial charge < -0.3 is 10.6 Å². The van der Waals surface area contributed by atoms with E-state index in [2.05, 4.69) is 11.8 Å². The summed E-state index contributed by atoms with van der Waals surface area (Å²) >= 11 is 0. The van der Waals surface area contributed by atoms with E-state index >= 15 is 0 Å². The molecule has 1 heterocycles. The van der Waals surface area contributed by atoms with Crippen LogP contribution in [0.1, 0.15) is 51.9 Å². The number of halogens is 1. The fourth-order valence-corrected chi connectivity index (χ4v) is 2.35. The zero-order valence-electron chi connectivity index (χ0n) is 11.0. The van der Waals surface area contributed by atoms with Crippen LogP contribution in [0.25, 0.3) is 0 Å². The molecule has 0 aliphatic carbocycles. The Bertz CT molecular complexity index is 212. The third kappa shape index (κ3) is 6.89. The summed E-state index contributed by atoms with van der Waals surface area (Å²) < 4.78 is 0. The maximum Gasteiger partial charge on any atom is 0.222 e. The molecular formula is C13H27ClN2O. The maximum absolute atomic E-state index is 11.9. The molecule has 1 unspecified atom stereocenters. The van der Waals surface area contributed by atoms with Gasteiger partial charge in [-0.2, -0.15) is 0 Å². The second kappa shape index (κ2) is 9.72. The number of carbonyl (C=O) groups is 1. The van der Waals surface area contributed by atoms with E-state index in [1.165, 1.54) is 19.3 Å². The number of nitrogens with zero attached hydrogens (tertiary/aromatic N) is 1. The number of piperidine rings is 1. The number of unbranched alkanes of at least 4 members (excludes halogenated alkanes) is 3. The molecule has 2 N–H and O–H groups in total. The molecule has 17 heavy (non-hydrogen) atoms. The first-order valence-corrected chi connectivity index (χ1v) is 6.72. The number of nitrogens with two attached hydrogens (primary N) is 1. The molecule has 0 bridgehead atoms. The van der Waals surface area contributed by atoms with Crippen molar-refractivity contribution in [2.75, 3.05) is 19.6 Å². The van der Waals surface area contributed by atoms with Crippen molar-refractivity contribution in [1.82, 2.24) is 4.90 Å². The summed E-state index contributed by atoms with van der Waals surface area (Å²) in [4.78, 5) is 13.9. The van der Waals surface area contributed by atoms with Gasteiger partial charge in [0.1, 0.15) is 0 Å². The van der Waals surface area contributed by atoms with Gasteiger partial charge in [-0.15, -0.1) is 12.4 Å². The Labute approximate surface area is 112 Å². The van der Waals surface area contributed by atoms with Crippen LogP contribution in [-0.2, 0) is 4.79 Å². The zero-order valence-corrected chi connectivity index (χ0v) is 11.8. The van der Waals surface area contributed by atoms with E-state index in [1.54, 1.807) is 0 Å². The van der Waals surface area contributed by atoms with E-state index in [0.717, 1.165) is 45.3 Å². The van der Waals surface area contributed by atoms with Crippen LogP contribution in [0.3, 0.4) is 0 Å². The molecule has 1 fully saturated rings. The van der Waals surface area contributed by atoms with Crippen LogP contribution in [0, 0.1) is 5.92 Å². The van der Waals surface area contributed by atoms with E-state index in [1.807, 2.05) is 0 Å². The lowest BCUT2D eigenvalue weighted by atomic mass is 10.00. The van der Waals surface area contributed by atoms with Crippen LogP contribution < -0.4 is 5.73 Å². The van der Waals surface area contributed by atoms with Crippen molar-refractivity contribution in [3.63, 3.8) is 0 Å². The Hall–Kier alpha value is -0.280. The molecule has 0 aromatic heterocycles. The van der Waals surface area contributed by atoms with Crippen molar-refractivity contribution in [1.29, 1.82) is 0 Å². The molecule has 102 valence electrons. The number of rotatable bonds is 6. The van der Waals surface area contributed by atoms with Crippen molar-refractivity contribution < 1.29 is 4.79 Å². The molecule has 1 amide bonds. The van der Waals surface area contributed by atoms with Crippen LogP contribution >= 0.6 is 12.4 Å². The highest BCUT2D eigenvalue weighted by atomic mass is 35.5. The van der Waals surface area contributed by atoms with Crippen molar-refractivity contribution in [3.8, 4) is 0 Å². The average molecular weight is 263 g/mol. The van der Waals surface area contributed by atoms with E-state index in [-0.39, 0.29) is 12.4 Å². The number of hydrogen-bond donors (Lipinski definition) is 1. The predicted octanol–water partition coefficient (Wildman–Crippen LogP) is 2.58. The smallest absolute Gasteiger partial charge is 0.222 e. The molecule has 1 atom stereocenters. The summed E-state index contributed by atoms with van der Waals surface area (Å²) in [5.74, 6) is 1.05. The molecule has 0 radical (unpaired) electrons. The minimum Gasteiger partial charge on any atom is -0.342 e. The number of likely N-dealkylation sites (tertiary alicyclic amines) is 1. The summed E-state index contributed by atoms with van der Waals surface area (Å²) in [5.41, 5.74) is 5.43. The molecule has 0 aromatic rings. The highest BCUT2D eigenvalue weighted by Crippen LogP contribution is 2.17. The zero-order chi connectivity index (χ0) is 11.8. The Morgan fingerprint density at radius 1 is 1.29 bits per heavy atom. The van der Waals surface area contributed by atoms with Crippen LogP contribution in [0.2, 0.25) is 0 Å². The summed E-state index contributed by atoms with van der Waals surface area (Å²) in [6, 6.07) is 0. The molecule has 1 saturated heterocycles. The van der Waals surface area contributed by atoms with Gasteiger partial charge in [-0.25, -0.2) is 0 Å². The lowest BCUT2D eigenvalue weighted by Crippen LogP contribution is -2.38. The van der Waals surface area contributed by atoms with Crippen LogP contribution in [0.15, 0.2) is 0 Å². The fraction of sp³-hybridized carbons (Fsp3) is 0.923. The Balaban J connectivity index is 0.00000256. The highest BCUT2D eigenvalue weighted by molar-refractivity contribution is 5.85. The SMILES string of the molecule is CC1CCCN(C(=O)CCCCCCN)C1.Cl. The van der Waals surface area contributed by atoms with Gasteiger partial charge in [0.15, 0.2) is 0 Å². The predicted molar refractivity (Wildman–Crippen MR) is 74.4 cm³/mol. The standard InChI is InChI=1S/C13H26N2O.ClH/c1-12-7-6-10-15(11-12)13(16)8-4-2-3-5-9-14;/h12H,2-11,14H2,1H3;1H. The van der Waals surface area contributed by atoms with E-state index < -0.39 is 0 Å².